The molecule has 0 unspecified atom stereocenters. The molecule has 0 radical (unpaired) electrons. The van der Waals surface area contributed by atoms with E-state index in [1.807, 2.05) is 31.0 Å². The number of aromatic nitrogens is 2. The molecule has 1 fully saturated rings. The molecule has 1 amide bonds. The zero-order valence-corrected chi connectivity index (χ0v) is 14.6. The van der Waals surface area contributed by atoms with Crippen molar-refractivity contribution >= 4 is 17.2 Å². The molecule has 1 saturated heterocycles. The van der Waals surface area contributed by atoms with Gasteiger partial charge < -0.3 is 4.90 Å². The lowest BCUT2D eigenvalue weighted by Crippen LogP contribution is -2.53. The normalized spacial score (nSPS) is 19.1. The maximum absolute atomic E-state index is 12.8. The Morgan fingerprint density at radius 1 is 1.39 bits per heavy atom. The van der Waals surface area contributed by atoms with Gasteiger partial charge in [-0.05, 0) is 32.4 Å². The van der Waals surface area contributed by atoms with Crippen molar-refractivity contribution in [3.05, 3.63) is 45.7 Å². The molecular formula is C17H22N4OS. The quantitative estimate of drug-likeness (QED) is 0.868. The molecule has 2 aromatic rings. The Morgan fingerprint density at radius 3 is 2.83 bits per heavy atom. The molecule has 3 rings (SSSR count). The van der Waals surface area contributed by atoms with Gasteiger partial charge >= 0.3 is 0 Å². The predicted octanol–water partition coefficient (Wildman–Crippen LogP) is 2.50. The lowest BCUT2D eigenvalue weighted by Gasteiger charge is -2.39. The van der Waals surface area contributed by atoms with Crippen molar-refractivity contribution in [2.24, 2.45) is 0 Å². The summed E-state index contributed by atoms with van der Waals surface area (Å²) in [5.74, 6) is 0.0698. The van der Waals surface area contributed by atoms with E-state index in [-0.39, 0.29) is 11.9 Å². The first-order valence-electron chi connectivity index (χ1n) is 7.91. The second-order valence-corrected chi connectivity index (χ2v) is 7.49. The summed E-state index contributed by atoms with van der Waals surface area (Å²) in [7, 11) is 0. The fourth-order valence-electron chi connectivity index (χ4n) is 3.09. The minimum atomic E-state index is 0.0698. The van der Waals surface area contributed by atoms with Crippen LogP contribution in [0.1, 0.15) is 32.9 Å². The molecule has 1 aliphatic rings. The molecule has 1 atom stereocenters. The number of rotatable bonds is 3. The van der Waals surface area contributed by atoms with Crippen LogP contribution in [-0.4, -0.2) is 51.4 Å². The van der Waals surface area contributed by atoms with Gasteiger partial charge in [-0.2, -0.15) is 0 Å². The second-order valence-electron chi connectivity index (χ2n) is 6.08. The number of hydrogen-bond donors (Lipinski definition) is 0. The molecule has 0 aromatic carbocycles. The van der Waals surface area contributed by atoms with E-state index in [1.165, 1.54) is 5.56 Å². The van der Waals surface area contributed by atoms with Crippen LogP contribution < -0.4 is 0 Å². The summed E-state index contributed by atoms with van der Waals surface area (Å²) >= 11 is 1.59. The molecule has 2 aromatic heterocycles. The summed E-state index contributed by atoms with van der Waals surface area (Å²) in [5, 5.41) is 0.953. The van der Waals surface area contributed by atoms with Crippen molar-refractivity contribution < 1.29 is 4.79 Å². The molecule has 0 aliphatic carbocycles. The summed E-state index contributed by atoms with van der Waals surface area (Å²) in [4.78, 5) is 26.7. The molecule has 0 saturated carbocycles. The fraction of sp³-hybridized carbons (Fsp3) is 0.471. The van der Waals surface area contributed by atoms with Crippen LogP contribution >= 0.6 is 11.3 Å². The van der Waals surface area contributed by atoms with Crippen molar-refractivity contribution in [1.29, 1.82) is 0 Å². The van der Waals surface area contributed by atoms with Gasteiger partial charge in [0.2, 0.25) is 0 Å². The highest BCUT2D eigenvalue weighted by molar-refractivity contribution is 7.11. The number of amides is 1. The lowest BCUT2D eigenvalue weighted by atomic mass is 10.1. The van der Waals surface area contributed by atoms with Crippen molar-refractivity contribution in [3.8, 4) is 0 Å². The third-order valence-corrected chi connectivity index (χ3v) is 5.09. The van der Waals surface area contributed by atoms with Crippen molar-refractivity contribution in [1.82, 2.24) is 19.8 Å². The average molecular weight is 330 g/mol. The minimum absolute atomic E-state index is 0.0698. The van der Waals surface area contributed by atoms with Crippen molar-refractivity contribution in [2.75, 3.05) is 19.6 Å². The number of carbonyl (C=O) groups is 1. The number of nitrogens with zero attached hydrogens (tertiary/aromatic N) is 4. The van der Waals surface area contributed by atoms with E-state index in [2.05, 4.69) is 27.9 Å². The first-order chi connectivity index (χ1) is 11.0. The third kappa shape index (κ3) is 3.59. The fourth-order valence-corrected chi connectivity index (χ4v) is 3.90. The highest BCUT2D eigenvalue weighted by Crippen LogP contribution is 2.21. The smallest absolute Gasteiger partial charge is 0.273 e. The Hall–Kier alpha value is -1.79. The van der Waals surface area contributed by atoms with Gasteiger partial charge in [-0.3, -0.25) is 14.7 Å². The number of thiazole rings is 1. The average Bonchev–Trinajstić information content (AvgIpc) is 2.86. The zero-order valence-electron chi connectivity index (χ0n) is 13.8. The highest BCUT2D eigenvalue weighted by atomic mass is 32.1. The third-order valence-electron chi connectivity index (χ3n) is 4.21. The SMILES string of the molecule is Cc1nc(C(=O)N2CCN(Cc3cccnc3)C[C@H]2C)c(C)s1. The Labute approximate surface area is 141 Å². The Kier molecular flexibility index (Phi) is 4.73. The Bertz CT molecular complexity index is 685. The zero-order chi connectivity index (χ0) is 16.4. The van der Waals surface area contributed by atoms with E-state index in [0.717, 1.165) is 36.1 Å². The molecule has 0 N–H and O–H groups in total. The van der Waals surface area contributed by atoms with Gasteiger partial charge in [-0.25, -0.2) is 4.98 Å². The number of carbonyl (C=O) groups excluding carboxylic acids is 1. The molecule has 6 heteroatoms. The first kappa shape index (κ1) is 16.1. The van der Waals surface area contributed by atoms with Gasteiger partial charge in [-0.15, -0.1) is 11.3 Å². The molecule has 0 bridgehead atoms. The van der Waals surface area contributed by atoms with E-state index < -0.39 is 0 Å². The van der Waals surface area contributed by atoms with Crippen LogP contribution in [0.15, 0.2) is 24.5 Å². The number of hydrogen-bond acceptors (Lipinski definition) is 5. The van der Waals surface area contributed by atoms with Gasteiger partial charge in [0.05, 0.1) is 5.01 Å². The number of pyridine rings is 1. The summed E-state index contributed by atoms with van der Waals surface area (Å²) in [6.45, 7) is 9.42. The number of aryl methyl sites for hydroxylation is 2. The first-order valence-corrected chi connectivity index (χ1v) is 8.72. The van der Waals surface area contributed by atoms with E-state index in [0.29, 0.717) is 5.69 Å². The van der Waals surface area contributed by atoms with Crippen molar-refractivity contribution in [3.63, 3.8) is 0 Å². The largest absolute Gasteiger partial charge is 0.332 e. The summed E-state index contributed by atoms with van der Waals surface area (Å²) < 4.78 is 0. The molecule has 0 spiro atoms. The van der Waals surface area contributed by atoms with Crippen molar-refractivity contribution in [2.45, 2.75) is 33.4 Å². The number of piperazine rings is 1. The lowest BCUT2D eigenvalue weighted by molar-refractivity contribution is 0.0470. The van der Waals surface area contributed by atoms with Crippen LogP contribution in [0.3, 0.4) is 0 Å². The van der Waals surface area contributed by atoms with E-state index in [1.54, 1.807) is 17.5 Å². The maximum Gasteiger partial charge on any atom is 0.273 e. The minimum Gasteiger partial charge on any atom is -0.332 e. The monoisotopic (exact) mass is 330 g/mol. The summed E-state index contributed by atoms with van der Waals surface area (Å²) in [6, 6.07) is 4.25. The van der Waals surface area contributed by atoms with E-state index in [9.17, 15) is 4.79 Å². The van der Waals surface area contributed by atoms with E-state index in [4.69, 9.17) is 0 Å². The van der Waals surface area contributed by atoms with Crippen LogP contribution in [0.2, 0.25) is 0 Å². The summed E-state index contributed by atoms with van der Waals surface area (Å²) in [6.07, 6.45) is 3.70. The van der Waals surface area contributed by atoms with Gasteiger partial charge in [0.1, 0.15) is 5.69 Å². The molecular weight excluding hydrogens is 308 g/mol. The molecule has 23 heavy (non-hydrogen) atoms. The van der Waals surface area contributed by atoms with Crippen LogP contribution in [0.5, 0.6) is 0 Å². The van der Waals surface area contributed by atoms with Crippen LogP contribution in [0, 0.1) is 13.8 Å². The highest BCUT2D eigenvalue weighted by Gasteiger charge is 2.30. The van der Waals surface area contributed by atoms with Gasteiger partial charge in [-0.1, -0.05) is 6.07 Å². The van der Waals surface area contributed by atoms with E-state index >= 15 is 0 Å². The molecule has 122 valence electrons. The van der Waals surface area contributed by atoms with Crippen LogP contribution in [0.25, 0.3) is 0 Å². The van der Waals surface area contributed by atoms with Crippen LogP contribution in [0.4, 0.5) is 0 Å². The predicted molar refractivity (Wildman–Crippen MR) is 91.6 cm³/mol. The van der Waals surface area contributed by atoms with Gasteiger partial charge in [0.25, 0.3) is 5.91 Å². The standard InChI is InChI=1S/C17H22N4OS/c1-12-10-20(11-15-5-4-6-18-9-15)7-8-21(12)17(22)16-13(2)23-14(3)19-16/h4-6,9,12H,7-8,10-11H2,1-3H3/t12-/m1/s1. The Morgan fingerprint density at radius 2 is 2.22 bits per heavy atom. The van der Waals surface area contributed by atoms with Gasteiger partial charge in [0.15, 0.2) is 0 Å². The second kappa shape index (κ2) is 6.76. The molecule has 3 heterocycles. The Balaban J connectivity index is 1.64. The topological polar surface area (TPSA) is 49.3 Å². The molecule has 5 nitrogen and oxygen atoms in total. The molecule has 1 aliphatic heterocycles. The summed E-state index contributed by atoms with van der Waals surface area (Å²) in [5.41, 5.74) is 1.84. The maximum atomic E-state index is 12.8. The van der Waals surface area contributed by atoms with Gasteiger partial charge in [0, 0.05) is 49.5 Å². The van der Waals surface area contributed by atoms with Crippen LogP contribution in [-0.2, 0) is 6.54 Å².